The van der Waals surface area contributed by atoms with Gasteiger partial charge >= 0.3 is 0 Å². The van der Waals surface area contributed by atoms with Crippen LogP contribution in [-0.2, 0) is 16.8 Å². The van der Waals surface area contributed by atoms with Crippen molar-refractivity contribution in [2.75, 3.05) is 20.6 Å². The van der Waals surface area contributed by atoms with E-state index in [0.717, 1.165) is 18.5 Å². The highest BCUT2D eigenvalue weighted by molar-refractivity contribution is 6.31. The molecular weight excluding hydrogens is 386 g/mol. The molecule has 0 aromatic heterocycles. The summed E-state index contributed by atoms with van der Waals surface area (Å²) in [5, 5.41) is 0.471. The quantitative estimate of drug-likeness (QED) is 0.758. The molecule has 6 heteroatoms. The monoisotopic (exact) mass is 411 g/mol. The maximum Gasteiger partial charge on any atom is 0.255 e. The van der Waals surface area contributed by atoms with E-state index in [0.29, 0.717) is 28.1 Å². The van der Waals surface area contributed by atoms with E-state index in [1.807, 2.05) is 0 Å². The molecule has 1 saturated carbocycles. The number of fused-ring (bicyclic) bond motifs is 1. The number of carbonyl (C=O) groups is 2. The van der Waals surface area contributed by atoms with Gasteiger partial charge in [-0.05, 0) is 74.1 Å². The van der Waals surface area contributed by atoms with Crippen molar-refractivity contribution in [3.63, 3.8) is 0 Å². The number of rotatable bonds is 7. The first-order chi connectivity index (χ1) is 13.8. The van der Waals surface area contributed by atoms with E-state index in [1.165, 1.54) is 23.3 Å². The predicted octanol–water partition coefficient (Wildman–Crippen LogP) is 3.51. The van der Waals surface area contributed by atoms with Gasteiger partial charge in [0.2, 0.25) is 5.91 Å². The van der Waals surface area contributed by atoms with E-state index in [4.69, 9.17) is 17.3 Å². The van der Waals surface area contributed by atoms with Gasteiger partial charge in [0.15, 0.2) is 0 Å². The normalized spacial score (nSPS) is 19.5. The van der Waals surface area contributed by atoms with Gasteiger partial charge in [0.1, 0.15) is 6.04 Å². The first-order valence-corrected chi connectivity index (χ1v) is 10.3. The number of nitrogens with zero attached hydrogens (tertiary/aromatic N) is 2. The molecule has 2 aromatic rings. The molecule has 2 N–H and O–H groups in total. The van der Waals surface area contributed by atoms with E-state index in [2.05, 4.69) is 43.3 Å². The zero-order valence-corrected chi connectivity index (χ0v) is 17.6. The van der Waals surface area contributed by atoms with Crippen molar-refractivity contribution in [2.24, 2.45) is 5.73 Å². The predicted molar refractivity (Wildman–Crippen MR) is 114 cm³/mol. The number of hydrogen-bond donors (Lipinski definition) is 1. The van der Waals surface area contributed by atoms with Crippen LogP contribution in [0.1, 0.15) is 52.4 Å². The van der Waals surface area contributed by atoms with E-state index in [1.54, 1.807) is 18.2 Å². The van der Waals surface area contributed by atoms with Gasteiger partial charge in [0.05, 0.1) is 0 Å². The van der Waals surface area contributed by atoms with Crippen molar-refractivity contribution < 1.29 is 9.59 Å². The zero-order valence-electron chi connectivity index (χ0n) is 16.8. The van der Waals surface area contributed by atoms with Crippen LogP contribution < -0.4 is 5.73 Å². The van der Waals surface area contributed by atoms with Crippen LogP contribution in [0, 0.1) is 0 Å². The number of nitrogens with two attached hydrogens (primary N) is 1. The first-order valence-electron chi connectivity index (χ1n) is 9.95. The van der Waals surface area contributed by atoms with Gasteiger partial charge in [0.25, 0.3) is 5.91 Å². The SMILES string of the molecule is CN(C)CCC1(c2ccc(CN3C(=O)c4cc(Cl)ccc4C3C(N)=O)cc2)CC1. The first kappa shape index (κ1) is 19.9. The van der Waals surface area contributed by atoms with Gasteiger partial charge in [-0.15, -0.1) is 0 Å². The van der Waals surface area contributed by atoms with Crippen molar-refractivity contribution in [2.45, 2.75) is 37.3 Å². The Hall–Kier alpha value is -2.37. The summed E-state index contributed by atoms with van der Waals surface area (Å²) in [5.74, 6) is -0.739. The minimum Gasteiger partial charge on any atom is -0.368 e. The third-order valence-electron chi connectivity index (χ3n) is 6.19. The molecule has 2 aromatic carbocycles. The average Bonchev–Trinajstić information content (AvgIpc) is 3.42. The Bertz CT molecular complexity index is 951. The van der Waals surface area contributed by atoms with Crippen molar-refractivity contribution >= 4 is 23.4 Å². The van der Waals surface area contributed by atoms with Crippen molar-refractivity contribution in [3.8, 4) is 0 Å². The maximum absolute atomic E-state index is 12.9. The molecule has 1 heterocycles. The van der Waals surface area contributed by atoms with E-state index in [9.17, 15) is 9.59 Å². The molecule has 29 heavy (non-hydrogen) atoms. The molecule has 4 rings (SSSR count). The number of benzene rings is 2. The summed E-state index contributed by atoms with van der Waals surface area (Å²) in [6, 6.07) is 12.7. The van der Waals surface area contributed by atoms with Crippen LogP contribution in [0.2, 0.25) is 5.02 Å². The molecule has 0 saturated heterocycles. The fourth-order valence-electron chi connectivity index (χ4n) is 4.29. The zero-order chi connectivity index (χ0) is 20.8. The Kier molecular flexibility index (Phi) is 5.13. The molecule has 0 spiro atoms. The van der Waals surface area contributed by atoms with Crippen LogP contribution >= 0.6 is 11.6 Å². The molecule has 1 aliphatic carbocycles. The van der Waals surface area contributed by atoms with Gasteiger partial charge in [-0.1, -0.05) is 41.9 Å². The van der Waals surface area contributed by atoms with Crippen LogP contribution in [0.4, 0.5) is 0 Å². The minimum absolute atomic E-state index is 0.208. The standard InChI is InChI=1S/C23H26ClN3O2/c1-26(2)12-11-23(9-10-23)16-5-3-15(4-6-16)14-27-20(21(25)28)18-8-7-17(24)13-19(18)22(27)29/h3-8,13,20H,9-12,14H2,1-2H3,(H2,25,28). The van der Waals surface area contributed by atoms with Crippen LogP contribution in [0.25, 0.3) is 0 Å². The van der Waals surface area contributed by atoms with Crippen LogP contribution in [0.5, 0.6) is 0 Å². The largest absolute Gasteiger partial charge is 0.368 e. The smallest absolute Gasteiger partial charge is 0.255 e. The molecule has 1 atom stereocenters. The third kappa shape index (κ3) is 3.77. The minimum atomic E-state index is -0.760. The molecule has 1 unspecified atom stereocenters. The second kappa shape index (κ2) is 7.47. The lowest BCUT2D eigenvalue weighted by Gasteiger charge is -2.23. The molecule has 0 bridgehead atoms. The highest BCUT2D eigenvalue weighted by Gasteiger charge is 2.44. The Morgan fingerprint density at radius 3 is 2.48 bits per heavy atom. The van der Waals surface area contributed by atoms with Gasteiger partial charge in [-0.2, -0.15) is 0 Å². The third-order valence-corrected chi connectivity index (χ3v) is 6.43. The summed E-state index contributed by atoms with van der Waals surface area (Å²) in [5.41, 5.74) is 9.36. The molecule has 1 aliphatic heterocycles. The Morgan fingerprint density at radius 2 is 1.90 bits per heavy atom. The summed E-state index contributed by atoms with van der Waals surface area (Å²) in [6.45, 7) is 1.41. The van der Waals surface area contributed by atoms with E-state index in [-0.39, 0.29) is 5.91 Å². The summed E-state index contributed by atoms with van der Waals surface area (Å²) in [6.07, 6.45) is 3.61. The van der Waals surface area contributed by atoms with Gasteiger partial charge in [-0.3, -0.25) is 9.59 Å². The fraction of sp³-hybridized carbons (Fsp3) is 0.391. The topological polar surface area (TPSA) is 66.6 Å². The highest BCUT2D eigenvalue weighted by atomic mass is 35.5. The van der Waals surface area contributed by atoms with E-state index >= 15 is 0 Å². The fourth-order valence-corrected chi connectivity index (χ4v) is 4.47. The summed E-state index contributed by atoms with van der Waals surface area (Å²) >= 11 is 6.05. The molecule has 1 fully saturated rings. The van der Waals surface area contributed by atoms with Crippen LogP contribution in [-0.4, -0.2) is 42.3 Å². The number of primary amides is 1. The maximum atomic E-state index is 12.9. The van der Waals surface area contributed by atoms with Gasteiger partial charge < -0.3 is 15.5 Å². The Morgan fingerprint density at radius 1 is 1.21 bits per heavy atom. The number of hydrogen-bond acceptors (Lipinski definition) is 3. The van der Waals surface area contributed by atoms with Crippen LogP contribution in [0.15, 0.2) is 42.5 Å². The highest BCUT2D eigenvalue weighted by Crippen LogP contribution is 2.51. The lowest BCUT2D eigenvalue weighted by molar-refractivity contribution is -0.122. The van der Waals surface area contributed by atoms with Crippen molar-refractivity contribution in [1.29, 1.82) is 0 Å². The Labute approximate surface area is 176 Å². The number of halogens is 1. The average molecular weight is 412 g/mol. The molecule has 2 amide bonds. The second-order valence-electron chi connectivity index (χ2n) is 8.50. The van der Waals surface area contributed by atoms with Gasteiger partial charge in [-0.25, -0.2) is 0 Å². The lowest BCUT2D eigenvalue weighted by atomic mass is 9.91. The lowest BCUT2D eigenvalue weighted by Crippen LogP contribution is -2.35. The molecule has 2 aliphatic rings. The number of amides is 2. The summed E-state index contributed by atoms with van der Waals surface area (Å²) in [7, 11) is 4.21. The molecule has 5 nitrogen and oxygen atoms in total. The molecular formula is C23H26ClN3O2. The summed E-state index contributed by atoms with van der Waals surface area (Å²) in [4.78, 5) is 28.8. The molecule has 152 valence electrons. The van der Waals surface area contributed by atoms with Crippen molar-refractivity contribution in [1.82, 2.24) is 9.80 Å². The van der Waals surface area contributed by atoms with Gasteiger partial charge in [0, 0.05) is 17.1 Å². The Balaban J connectivity index is 1.53. The van der Waals surface area contributed by atoms with Crippen molar-refractivity contribution in [3.05, 3.63) is 69.7 Å². The molecule has 0 radical (unpaired) electrons. The summed E-state index contributed by atoms with van der Waals surface area (Å²) < 4.78 is 0. The number of carbonyl (C=O) groups excluding carboxylic acids is 2. The van der Waals surface area contributed by atoms with Crippen LogP contribution in [0.3, 0.4) is 0 Å². The second-order valence-corrected chi connectivity index (χ2v) is 8.94. The van der Waals surface area contributed by atoms with E-state index < -0.39 is 11.9 Å².